The number of ether oxygens (including phenoxy) is 2. The fraction of sp³-hybridized carbons (Fsp3) is 0.480. The van der Waals surface area contributed by atoms with Gasteiger partial charge in [-0.15, -0.1) is 0 Å². The quantitative estimate of drug-likeness (QED) is 0.358. The number of aromatic nitrogens is 4. The molecule has 39 heavy (non-hydrogen) atoms. The predicted molar refractivity (Wildman–Crippen MR) is 148 cm³/mol. The molecule has 0 aliphatic carbocycles. The van der Waals surface area contributed by atoms with E-state index in [1.165, 1.54) is 25.0 Å². The highest BCUT2D eigenvalue weighted by Gasteiger charge is 2.29. The van der Waals surface area contributed by atoms with Gasteiger partial charge in [-0.05, 0) is 60.7 Å². The number of fused-ring (bicyclic) bond motifs is 2. The van der Waals surface area contributed by atoms with Crippen molar-refractivity contribution in [3.8, 4) is 11.5 Å². The van der Waals surface area contributed by atoms with Crippen LogP contribution in [0.3, 0.4) is 0 Å². The SMILES string of the molecule is CC(O)C(=O)N[C@@H](C)C(=O)N1CCC(Cn2c(Sc3cc4c(cc3Br)OCCO4)nc3c(N)ncnc32)CC1. The molecule has 1 unspecified atom stereocenters. The molecule has 4 N–H and O–H groups in total. The number of halogens is 1. The molecular weight excluding hydrogens is 590 g/mol. The van der Waals surface area contributed by atoms with Gasteiger partial charge in [0.25, 0.3) is 0 Å². The largest absolute Gasteiger partial charge is 0.486 e. The van der Waals surface area contributed by atoms with Crippen LogP contribution in [0.4, 0.5) is 5.82 Å². The summed E-state index contributed by atoms with van der Waals surface area (Å²) in [7, 11) is 0. The zero-order valence-corrected chi connectivity index (χ0v) is 24.0. The summed E-state index contributed by atoms with van der Waals surface area (Å²) in [5.41, 5.74) is 7.35. The van der Waals surface area contributed by atoms with Gasteiger partial charge in [-0.2, -0.15) is 0 Å². The van der Waals surface area contributed by atoms with Gasteiger partial charge in [0.05, 0.1) is 0 Å². The lowest BCUT2D eigenvalue weighted by atomic mass is 9.96. The number of nitrogens with one attached hydrogen (secondary N) is 1. The first-order chi connectivity index (χ1) is 18.7. The number of anilines is 1. The van der Waals surface area contributed by atoms with E-state index in [9.17, 15) is 14.7 Å². The van der Waals surface area contributed by atoms with Crippen molar-refractivity contribution in [1.29, 1.82) is 0 Å². The number of carbonyl (C=O) groups excluding carboxylic acids is 2. The highest BCUT2D eigenvalue weighted by atomic mass is 79.9. The molecule has 2 aromatic heterocycles. The van der Waals surface area contributed by atoms with Crippen LogP contribution in [0, 0.1) is 5.92 Å². The van der Waals surface area contributed by atoms with Crippen molar-refractivity contribution < 1.29 is 24.2 Å². The van der Waals surface area contributed by atoms with Crippen LogP contribution in [0.25, 0.3) is 11.2 Å². The predicted octanol–water partition coefficient (Wildman–Crippen LogP) is 2.22. The number of aliphatic hydroxyl groups excluding tert-OH is 1. The molecule has 2 atom stereocenters. The number of nitrogens with zero attached hydrogens (tertiary/aromatic N) is 5. The lowest BCUT2D eigenvalue weighted by molar-refractivity contribution is -0.139. The number of hydrogen-bond acceptors (Lipinski definition) is 10. The summed E-state index contributed by atoms with van der Waals surface area (Å²) in [6, 6.07) is 3.13. The van der Waals surface area contributed by atoms with Crippen molar-refractivity contribution in [2.45, 2.75) is 55.4 Å². The second-order valence-corrected chi connectivity index (χ2v) is 11.5. The van der Waals surface area contributed by atoms with E-state index >= 15 is 0 Å². The van der Waals surface area contributed by atoms with Gasteiger partial charge < -0.3 is 35.1 Å². The van der Waals surface area contributed by atoms with Crippen molar-refractivity contribution >= 4 is 56.5 Å². The lowest BCUT2D eigenvalue weighted by Gasteiger charge is -2.34. The van der Waals surface area contributed by atoms with E-state index in [4.69, 9.17) is 20.2 Å². The molecule has 5 rings (SSSR count). The van der Waals surface area contributed by atoms with Gasteiger partial charge in [0.15, 0.2) is 33.6 Å². The zero-order chi connectivity index (χ0) is 27.7. The molecule has 14 heteroatoms. The van der Waals surface area contributed by atoms with E-state index in [-0.39, 0.29) is 11.8 Å². The third-order valence-electron chi connectivity index (χ3n) is 6.80. The number of benzene rings is 1. The number of carbonyl (C=O) groups is 2. The van der Waals surface area contributed by atoms with Gasteiger partial charge in [-0.25, -0.2) is 15.0 Å². The molecule has 1 fully saturated rings. The van der Waals surface area contributed by atoms with Crippen molar-refractivity contribution in [2.75, 3.05) is 32.0 Å². The minimum Gasteiger partial charge on any atom is -0.486 e. The van der Waals surface area contributed by atoms with Crippen LogP contribution in [-0.2, 0) is 16.1 Å². The molecule has 208 valence electrons. The fourth-order valence-corrected chi connectivity index (χ4v) is 6.15. The molecule has 0 spiro atoms. The highest BCUT2D eigenvalue weighted by molar-refractivity contribution is 9.10. The summed E-state index contributed by atoms with van der Waals surface area (Å²) in [5.74, 6) is 1.25. The number of piperidine rings is 1. The molecule has 0 radical (unpaired) electrons. The van der Waals surface area contributed by atoms with Gasteiger partial charge in [-0.3, -0.25) is 9.59 Å². The van der Waals surface area contributed by atoms with Crippen LogP contribution < -0.4 is 20.5 Å². The van der Waals surface area contributed by atoms with Crippen LogP contribution in [0.15, 0.2) is 33.0 Å². The first-order valence-corrected chi connectivity index (χ1v) is 14.3. The van der Waals surface area contributed by atoms with Crippen molar-refractivity contribution in [3.05, 3.63) is 22.9 Å². The van der Waals surface area contributed by atoms with Crippen LogP contribution in [0.1, 0.15) is 26.7 Å². The van der Waals surface area contributed by atoms with E-state index in [2.05, 4.69) is 35.8 Å². The maximum atomic E-state index is 12.8. The second kappa shape index (κ2) is 11.6. The Kier molecular flexibility index (Phi) is 8.14. The van der Waals surface area contributed by atoms with Crippen LogP contribution in [0.5, 0.6) is 11.5 Å². The summed E-state index contributed by atoms with van der Waals surface area (Å²) in [6.07, 6.45) is 1.83. The molecule has 1 aromatic carbocycles. The molecule has 2 aliphatic heterocycles. The molecule has 2 aliphatic rings. The van der Waals surface area contributed by atoms with E-state index in [1.807, 2.05) is 12.1 Å². The number of imidazole rings is 1. The number of nitrogens with two attached hydrogens (primary N) is 1. The number of likely N-dealkylation sites (tertiary alicyclic amines) is 1. The summed E-state index contributed by atoms with van der Waals surface area (Å²) in [4.78, 5) is 40.7. The van der Waals surface area contributed by atoms with E-state index in [0.717, 1.165) is 27.4 Å². The molecule has 12 nitrogen and oxygen atoms in total. The summed E-state index contributed by atoms with van der Waals surface area (Å²) in [6.45, 7) is 5.80. The van der Waals surface area contributed by atoms with Crippen molar-refractivity contribution in [3.63, 3.8) is 0 Å². The van der Waals surface area contributed by atoms with Crippen LogP contribution in [0.2, 0.25) is 0 Å². The van der Waals surface area contributed by atoms with Gasteiger partial charge in [-0.1, -0.05) is 11.8 Å². The number of hydrogen-bond donors (Lipinski definition) is 3. The van der Waals surface area contributed by atoms with Gasteiger partial charge in [0.2, 0.25) is 11.8 Å². The first kappa shape index (κ1) is 27.5. The Morgan fingerprint density at radius 2 is 1.90 bits per heavy atom. The Morgan fingerprint density at radius 1 is 1.21 bits per heavy atom. The molecule has 0 saturated carbocycles. The highest BCUT2D eigenvalue weighted by Crippen LogP contribution is 2.42. The van der Waals surface area contributed by atoms with Gasteiger partial charge >= 0.3 is 0 Å². The van der Waals surface area contributed by atoms with Crippen LogP contribution >= 0.6 is 27.7 Å². The zero-order valence-electron chi connectivity index (χ0n) is 21.6. The Labute approximate surface area is 237 Å². The summed E-state index contributed by atoms with van der Waals surface area (Å²) in [5, 5.41) is 12.7. The number of nitrogen functional groups attached to an aromatic ring is 1. The second-order valence-electron chi connectivity index (χ2n) is 9.64. The Hall–Kier alpha value is -3.10. The van der Waals surface area contributed by atoms with Crippen LogP contribution in [-0.4, -0.2) is 79.8 Å². The van der Waals surface area contributed by atoms with Crippen molar-refractivity contribution in [2.24, 2.45) is 5.92 Å². The maximum absolute atomic E-state index is 12.8. The minimum atomic E-state index is -1.16. The molecule has 3 aromatic rings. The summed E-state index contributed by atoms with van der Waals surface area (Å²) >= 11 is 5.12. The first-order valence-electron chi connectivity index (χ1n) is 12.7. The smallest absolute Gasteiger partial charge is 0.249 e. The third kappa shape index (κ3) is 5.92. The molecular formula is C25H30BrN7O5S. The molecule has 1 saturated heterocycles. The molecule has 4 heterocycles. The van der Waals surface area contributed by atoms with Gasteiger partial charge in [0.1, 0.15) is 31.7 Å². The molecule has 0 bridgehead atoms. The average molecular weight is 621 g/mol. The minimum absolute atomic E-state index is 0.157. The number of rotatable bonds is 7. The fourth-order valence-electron chi connectivity index (χ4n) is 4.66. The van der Waals surface area contributed by atoms with Gasteiger partial charge in [0, 0.05) is 29.0 Å². The standard InChI is InChI=1S/C25H30BrN7O5S/c1-13(30-23(35)14(2)34)24(36)32-5-3-15(4-6-32)11-33-22-20(21(27)28-12-29-22)31-25(33)39-19-10-18-17(9-16(19)26)37-7-8-38-18/h9-10,12-15,34H,3-8,11H2,1-2H3,(H,30,35)(H2,27,28,29)/t13-,14?/m0/s1. The Morgan fingerprint density at radius 3 is 2.59 bits per heavy atom. The van der Waals surface area contributed by atoms with E-state index < -0.39 is 18.1 Å². The summed E-state index contributed by atoms with van der Waals surface area (Å²) < 4.78 is 14.4. The van der Waals surface area contributed by atoms with Crippen molar-refractivity contribution in [1.82, 2.24) is 29.7 Å². The topological polar surface area (TPSA) is 158 Å². The average Bonchev–Trinajstić information content (AvgIpc) is 3.27. The molecule has 2 amide bonds. The Bertz CT molecular complexity index is 1390. The Balaban J connectivity index is 1.32. The number of amides is 2. The number of aliphatic hydroxyl groups is 1. The van der Waals surface area contributed by atoms with E-state index in [1.54, 1.807) is 11.8 Å². The normalized spacial score (nSPS) is 17.2. The van der Waals surface area contributed by atoms with E-state index in [0.29, 0.717) is 61.3 Å². The lowest BCUT2D eigenvalue weighted by Crippen LogP contribution is -2.51. The maximum Gasteiger partial charge on any atom is 0.249 e. The third-order valence-corrected chi connectivity index (χ3v) is 8.77. The monoisotopic (exact) mass is 619 g/mol.